The number of hydrogen-bond acceptors (Lipinski definition) is 5. The van der Waals surface area contributed by atoms with E-state index in [1.54, 1.807) is 23.3 Å². The minimum Gasteiger partial charge on any atom is -0.486 e. The van der Waals surface area contributed by atoms with Gasteiger partial charge in [-0.2, -0.15) is 0 Å². The van der Waals surface area contributed by atoms with Crippen LogP contribution in [0.15, 0.2) is 42.0 Å². The number of fused-ring (bicyclic) bond motifs is 2. The molecule has 3 heterocycles. The van der Waals surface area contributed by atoms with Crippen LogP contribution in [0.1, 0.15) is 5.69 Å². The van der Waals surface area contributed by atoms with E-state index in [2.05, 4.69) is 4.98 Å². The van der Waals surface area contributed by atoms with Gasteiger partial charge in [0.2, 0.25) is 5.91 Å². The van der Waals surface area contributed by atoms with E-state index in [0.717, 1.165) is 22.2 Å². The summed E-state index contributed by atoms with van der Waals surface area (Å²) in [5, 5.41) is 1.97. The van der Waals surface area contributed by atoms with Crippen molar-refractivity contribution >= 4 is 22.2 Å². The number of carbonyl (C=O) groups excluding carboxylic acids is 1. The Labute approximate surface area is 143 Å². The first-order valence-electron chi connectivity index (χ1n) is 7.72. The lowest BCUT2D eigenvalue weighted by molar-refractivity contribution is -0.130. The summed E-state index contributed by atoms with van der Waals surface area (Å²) in [7, 11) is 1.78. The van der Waals surface area contributed by atoms with Gasteiger partial charge < -0.3 is 14.4 Å². The van der Waals surface area contributed by atoms with Gasteiger partial charge in [0.05, 0.1) is 18.7 Å². The molecule has 1 atom stereocenters. The Morgan fingerprint density at radius 3 is 3.08 bits per heavy atom. The van der Waals surface area contributed by atoms with E-state index >= 15 is 0 Å². The number of aromatic nitrogens is 2. The lowest BCUT2D eigenvalue weighted by Crippen LogP contribution is -2.42. The molecule has 2 aromatic heterocycles. The summed E-state index contributed by atoms with van der Waals surface area (Å²) in [5.74, 6) is 1.49. The van der Waals surface area contributed by atoms with Crippen LogP contribution in [0.25, 0.3) is 4.96 Å². The van der Waals surface area contributed by atoms with Crippen LogP contribution in [0, 0.1) is 0 Å². The Morgan fingerprint density at radius 2 is 2.25 bits per heavy atom. The van der Waals surface area contributed by atoms with Crippen LogP contribution >= 0.6 is 11.3 Å². The van der Waals surface area contributed by atoms with Crippen molar-refractivity contribution in [1.29, 1.82) is 0 Å². The third kappa shape index (κ3) is 2.94. The molecule has 7 heteroatoms. The van der Waals surface area contributed by atoms with Crippen LogP contribution in [-0.2, 0) is 11.2 Å². The number of imidazole rings is 1. The van der Waals surface area contributed by atoms with Crippen molar-refractivity contribution in [1.82, 2.24) is 14.3 Å². The molecule has 3 aromatic rings. The Bertz CT molecular complexity index is 844. The fourth-order valence-corrected chi connectivity index (χ4v) is 3.43. The predicted octanol–water partition coefficient (Wildman–Crippen LogP) is 2.24. The van der Waals surface area contributed by atoms with Gasteiger partial charge in [-0.05, 0) is 12.1 Å². The number of ether oxygens (including phenoxy) is 2. The van der Waals surface area contributed by atoms with Gasteiger partial charge in [0.25, 0.3) is 0 Å². The van der Waals surface area contributed by atoms with Crippen LogP contribution in [0.4, 0.5) is 0 Å². The molecule has 0 unspecified atom stereocenters. The van der Waals surface area contributed by atoms with Crippen molar-refractivity contribution < 1.29 is 14.3 Å². The molecule has 24 heavy (non-hydrogen) atoms. The van der Waals surface area contributed by atoms with Gasteiger partial charge in [-0.15, -0.1) is 11.3 Å². The summed E-state index contributed by atoms with van der Waals surface area (Å²) in [4.78, 5) is 19.4. The molecular formula is C17H17N3O3S. The van der Waals surface area contributed by atoms with Crippen molar-refractivity contribution in [2.45, 2.75) is 12.5 Å². The SMILES string of the molecule is CN(C[C@@H]1COc2ccccc2O1)C(=O)Cc1cn2ccsc2n1. The first kappa shape index (κ1) is 15.0. The van der Waals surface area contributed by atoms with Crippen LogP contribution in [0.5, 0.6) is 11.5 Å². The number of nitrogens with zero attached hydrogens (tertiary/aromatic N) is 3. The Morgan fingerprint density at radius 1 is 1.42 bits per heavy atom. The summed E-state index contributed by atoms with van der Waals surface area (Å²) in [5.41, 5.74) is 0.782. The molecular weight excluding hydrogens is 326 g/mol. The molecule has 1 aliphatic heterocycles. The van der Waals surface area contributed by atoms with Gasteiger partial charge in [-0.1, -0.05) is 12.1 Å². The number of thiazole rings is 1. The quantitative estimate of drug-likeness (QED) is 0.729. The van der Waals surface area contributed by atoms with E-state index in [0.29, 0.717) is 13.2 Å². The number of carbonyl (C=O) groups is 1. The summed E-state index contributed by atoms with van der Waals surface area (Å²) in [6.07, 6.45) is 3.96. The van der Waals surface area contributed by atoms with Crippen LogP contribution < -0.4 is 9.47 Å². The highest BCUT2D eigenvalue weighted by Gasteiger charge is 2.24. The smallest absolute Gasteiger partial charge is 0.228 e. The molecule has 6 nitrogen and oxygen atoms in total. The average molecular weight is 343 g/mol. The van der Waals surface area contributed by atoms with Crippen LogP contribution in [-0.4, -0.2) is 46.5 Å². The highest BCUT2D eigenvalue weighted by molar-refractivity contribution is 7.15. The van der Waals surface area contributed by atoms with Crippen LogP contribution in [0.2, 0.25) is 0 Å². The van der Waals surface area contributed by atoms with Gasteiger partial charge in [0.15, 0.2) is 22.6 Å². The van der Waals surface area contributed by atoms with Crippen molar-refractivity contribution in [2.75, 3.05) is 20.2 Å². The highest BCUT2D eigenvalue weighted by atomic mass is 32.1. The zero-order chi connectivity index (χ0) is 16.5. The fourth-order valence-electron chi connectivity index (χ4n) is 2.71. The minimum absolute atomic E-state index is 0.0169. The fraction of sp³-hybridized carbons (Fsp3) is 0.294. The molecule has 1 aromatic carbocycles. The minimum atomic E-state index is -0.167. The van der Waals surface area contributed by atoms with E-state index in [4.69, 9.17) is 9.47 Å². The van der Waals surface area contributed by atoms with Gasteiger partial charge in [0, 0.05) is 24.8 Å². The van der Waals surface area contributed by atoms with E-state index in [9.17, 15) is 4.79 Å². The van der Waals surface area contributed by atoms with E-state index in [-0.39, 0.29) is 18.4 Å². The van der Waals surface area contributed by atoms with Gasteiger partial charge in [-0.25, -0.2) is 4.98 Å². The second-order valence-corrected chi connectivity index (χ2v) is 6.65. The van der Waals surface area contributed by atoms with Crippen molar-refractivity contribution in [3.8, 4) is 11.5 Å². The number of likely N-dealkylation sites (N-methyl/N-ethyl adjacent to an activating group) is 1. The van der Waals surface area contributed by atoms with Gasteiger partial charge in [0.1, 0.15) is 6.61 Å². The molecule has 0 aliphatic carbocycles. The second kappa shape index (κ2) is 6.16. The van der Waals surface area contributed by atoms with Crippen molar-refractivity contribution in [3.05, 3.63) is 47.7 Å². The molecule has 124 valence electrons. The Balaban J connectivity index is 1.36. The Hall–Kier alpha value is -2.54. The second-order valence-electron chi connectivity index (χ2n) is 5.77. The van der Waals surface area contributed by atoms with Gasteiger partial charge in [-0.3, -0.25) is 9.20 Å². The predicted molar refractivity (Wildman–Crippen MR) is 90.8 cm³/mol. The zero-order valence-corrected chi connectivity index (χ0v) is 14.0. The average Bonchev–Trinajstić information content (AvgIpc) is 3.16. The molecule has 0 fully saturated rings. The monoisotopic (exact) mass is 343 g/mol. The largest absolute Gasteiger partial charge is 0.486 e. The molecule has 0 radical (unpaired) electrons. The Kier molecular flexibility index (Phi) is 3.86. The number of para-hydroxylation sites is 2. The lowest BCUT2D eigenvalue weighted by Gasteiger charge is -2.29. The summed E-state index contributed by atoms with van der Waals surface area (Å²) < 4.78 is 13.5. The first-order valence-corrected chi connectivity index (χ1v) is 8.60. The third-order valence-electron chi connectivity index (χ3n) is 3.95. The summed E-state index contributed by atoms with van der Waals surface area (Å²) in [6.45, 7) is 0.921. The number of hydrogen-bond donors (Lipinski definition) is 0. The molecule has 1 amide bonds. The third-order valence-corrected chi connectivity index (χ3v) is 4.72. The maximum Gasteiger partial charge on any atom is 0.228 e. The maximum absolute atomic E-state index is 12.4. The zero-order valence-electron chi connectivity index (χ0n) is 13.2. The standard InChI is InChI=1S/C17H17N3O3S/c1-19(10-13-11-22-14-4-2-3-5-15(14)23-13)16(21)8-12-9-20-6-7-24-17(20)18-12/h2-7,9,13H,8,10-11H2,1H3/t13-/m1/s1. The molecule has 0 spiro atoms. The molecule has 1 aliphatic rings. The summed E-state index contributed by atoms with van der Waals surface area (Å²) >= 11 is 1.56. The first-order chi connectivity index (χ1) is 11.7. The molecule has 0 N–H and O–H groups in total. The molecule has 4 rings (SSSR count). The van der Waals surface area contributed by atoms with E-state index < -0.39 is 0 Å². The van der Waals surface area contributed by atoms with E-state index in [1.807, 2.05) is 46.4 Å². The van der Waals surface area contributed by atoms with Crippen molar-refractivity contribution in [2.24, 2.45) is 0 Å². The van der Waals surface area contributed by atoms with E-state index in [1.165, 1.54) is 0 Å². The number of rotatable bonds is 4. The molecule has 0 saturated heterocycles. The number of benzene rings is 1. The summed E-state index contributed by atoms with van der Waals surface area (Å²) in [6, 6.07) is 7.57. The topological polar surface area (TPSA) is 56.1 Å². The normalized spacial score (nSPS) is 16.3. The molecule has 0 saturated carbocycles. The lowest BCUT2D eigenvalue weighted by atomic mass is 10.2. The highest BCUT2D eigenvalue weighted by Crippen LogP contribution is 2.30. The van der Waals surface area contributed by atoms with Crippen molar-refractivity contribution in [3.63, 3.8) is 0 Å². The van der Waals surface area contributed by atoms with Crippen LogP contribution in [0.3, 0.4) is 0 Å². The number of amides is 1. The van der Waals surface area contributed by atoms with Gasteiger partial charge >= 0.3 is 0 Å². The molecule has 0 bridgehead atoms. The maximum atomic E-state index is 12.4.